The van der Waals surface area contributed by atoms with Gasteiger partial charge in [-0.1, -0.05) is 0 Å². The van der Waals surface area contributed by atoms with Gasteiger partial charge in [0.2, 0.25) is 21.2 Å². The maximum atomic E-state index is 12.4. The number of ether oxygens (including phenoxy) is 2. The average molecular weight is 408 g/mol. The van der Waals surface area contributed by atoms with E-state index < -0.39 is 21.4 Å². The minimum atomic E-state index is -3.45. The molecule has 0 spiro atoms. The molecule has 28 heavy (non-hydrogen) atoms. The molecule has 0 radical (unpaired) electrons. The van der Waals surface area contributed by atoms with E-state index >= 15 is 0 Å². The van der Waals surface area contributed by atoms with E-state index in [1.54, 1.807) is 12.1 Å². The fraction of sp³-hybridized carbons (Fsp3) is 0.333. The summed E-state index contributed by atoms with van der Waals surface area (Å²) in [7, 11) is -0.690. The van der Waals surface area contributed by atoms with E-state index in [1.165, 1.54) is 24.6 Å². The Labute approximate surface area is 161 Å². The first-order valence-corrected chi connectivity index (χ1v) is 10.1. The number of hydrogen-bond donors (Lipinski definition) is 1. The van der Waals surface area contributed by atoms with Crippen molar-refractivity contribution in [1.82, 2.24) is 0 Å². The second-order valence-electron chi connectivity index (χ2n) is 6.11. The van der Waals surface area contributed by atoms with Crippen molar-refractivity contribution in [3.63, 3.8) is 0 Å². The van der Waals surface area contributed by atoms with E-state index in [4.69, 9.17) is 13.9 Å². The SMILES string of the molecule is COc1ccc(NC(=O)c2cc(=O)c(OC)co2)cc1N1CCCCS1(=O)=O. The maximum Gasteiger partial charge on any atom is 0.291 e. The molecular weight excluding hydrogens is 388 g/mol. The van der Waals surface area contributed by atoms with Crippen molar-refractivity contribution in [2.45, 2.75) is 12.8 Å². The highest BCUT2D eigenvalue weighted by molar-refractivity contribution is 7.92. The smallest absolute Gasteiger partial charge is 0.291 e. The molecule has 1 aliphatic rings. The number of hydrogen-bond acceptors (Lipinski definition) is 7. The Hall–Kier alpha value is -3.01. The third kappa shape index (κ3) is 3.96. The predicted molar refractivity (Wildman–Crippen MR) is 103 cm³/mol. The molecule has 0 atom stereocenters. The summed E-state index contributed by atoms with van der Waals surface area (Å²) in [6.07, 6.45) is 2.39. The van der Waals surface area contributed by atoms with Gasteiger partial charge in [-0.2, -0.15) is 0 Å². The molecule has 0 unspecified atom stereocenters. The van der Waals surface area contributed by atoms with Crippen molar-refractivity contribution in [2.75, 3.05) is 36.1 Å². The molecule has 1 amide bonds. The molecule has 0 bridgehead atoms. The normalized spacial score (nSPS) is 15.7. The largest absolute Gasteiger partial charge is 0.495 e. The first-order chi connectivity index (χ1) is 13.4. The highest BCUT2D eigenvalue weighted by Gasteiger charge is 2.28. The van der Waals surface area contributed by atoms with Crippen LogP contribution in [0.3, 0.4) is 0 Å². The highest BCUT2D eigenvalue weighted by atomic mass is 32.2. The van der Waals surface area contributed by atoms with Gasteiger partial charge in [0, 0.05) is 18.3 Å². The van der Waals surface area contributed by atoms with Crippen molar-refractivity contribution in [1.29, 1.82) is 0 Å². The molecule has 10 heteroatoms. The van der Waals surface area contributed by atoms with Crippen LogP contribution in [0.5, 0.6) is 11.5 Å². The van der Waals surface area contributed by atoms with Gasteiger partial charge in [0.05, 0.1) is 25.7 Å². The molecule has 1 saturated heterocycles. The molecule has 0 aliphatic carbocycles. The van der Waals surface area contributed by atoms with Gasteiger partial charge >= 0.3 is 0 Å². The van der Waals surface area contributed by atoms with Crippen LogP contribution in [0.25, 0.3) is 0 Å². The van der Waals surface area contributed by atoms with Gasteiger partial charge in [0.1, 0.15) is 12.0 Å². The molecule has 1 aromatic heterocycles. The predicted octanol–water partition coefficient (Wildman–Crippen LogP) is 1.84. The Morgan fingerprint density at radius 2 is 1.89 bits per heavy atom. The number of benzene rings is 1. The number of nitrogens with one attached hydrogen (secondary N) is 1. The average Bonchev–Trinajstić information content (AvgIpc) is 2.67. The summed E-state index contributed by atoms with van der Waals surface area (Å²) in [6.45, 7) is 0.337. The summed E-state index contributed by atoms with van der Waals surface area (Å²) in [5.74, 6) is -0.437. The topological polar surface area (TPSA) is 115 Å². The number of methoxy groups -OCH3 is 2. The van der Waals surface area contributed by atoms with Gasteiger partial charge in [-0.25, -0.2) is 8.42 Å². The first kappa shape index (κ1) is 19.7. The van der Waals surface area contributed by atoms with Gasteiger partial charge in [0.25, 0.3) is 5.91 Å². The lowest BCUT2D eigenvalue weighted by atomic mass is 10.2. The van der Waals surface area contributed by atoms with Crippen LogP contribution in [0.15, 0.2) is 39.7 Å². The van der Waals surface area contributed by atoms with Gasteiger partial charge < -0.3 is 19.2 Å². The van der Waals surface area contributed by atoms with E-state index in [1.807, 2.05) is 0 Å². The molecule has 1 aliphatic heterocycles. The van der Waals surface area contributed by atoms with Crippen LogP contribution in [0.2, 0.25) is 0 Å². The minimum Gasteiger partial charge on any atom is -0.495 e. The van der Waals surface area contributed by atoms with Crippen molar-refractivity contribution >= 4 is 27.3 Å². The Bertz CT molecular complexity index is 1050. The van der Waals surface area contributed by atoms with Crippen LogP contribution < -0.4 is 24.5 Å². The molecule has 1 aromatic carbocycles. The monoisotopic (exact) mass is 408 g/mol. The lowest BCUT2D eigenvalue weighted by Gasteiger charge is -2.29. The maximum absolute atomic E-state index is 12.4. The van der Waals surface area contributed by atoms with Crippen LogP contribution in [0.1, 0.15) is 23.4 Å². The number of carbonyl (C=O) groups excluding carboxylic acids is 1. The van der Waals surface area contributed by atoms with Crippen LogP contribution in [0.4, 0.5) is 11.4 Å². The van der Waals surface area contributed by atoms with Crippen molar-refractivity contribution < 1.29 is 27.1 Å². The second kappa shape index (κ2) is 7.93. The summed E-state index contributed by atoms with van der Waals surface area (Å²) < 4.78 is 41.4. The fourth-order valence-corrected chi connectivity index (χ4v) is 4.52. The van der Waals surface area contributed by atoms with E-state index in [0.29, 0.717) is 30.1 Å². The van der Waals surface area contributed by atoms with Gasteiger partial charge in [-0.3, -0.25) is 13.9 Å². The van der Waals surface area contributed by atoms with Crippen LogP contribution in [-0.2, 0) is 10.0 Å². The zero-order chi connectivity index (χ0) is 20.3. The summed E-state index contributed by atoms with van der Waals surface area (Å²) in [4.78, 5) is 24.2. The van der Waals surface area contributed by atoms with Crippen molar-refractivity contribution in [2.24, 2.45) is 0 Å². The third-order valence-electron chi connectivity index (χ3n) is 4.30. The summed E-state index contributed by atoms with van der Waals surface area (Å²) in [5, 5.41) is 2.59. The van der Waals surface area contributed by atoms with E-state index in [-0.39, 0.29) is 17.3 Å². The minimum absolute atomic E-state index is 0.0152. The van der Waals surface area contributed by atoms with Gasteiger partial charge in [-0.05, 0) is 31.0 Å². The molecule has 2 heterocycles. The molecule has 1 fully saturated rings. The molecule has 150 valence electrons. The Morgan fingerprint density at radius 1 is 1.14 bits per heavy atom. The van der Waals surface area contributed by atoms with E-state index in [0.717, 1.165) is 18.8 Å². The fourth-order valence-electron chi connectivity index (χ4n) is 2.88. The number of amides is 1. The molecular formula is C18H20N2O7S. The zero-order valence-corrected chi connectivity index (χ0v) is 16.2. The second-order valence-corrected chi connectivity index (χ2v) is 8.13. The van der Waals surface area contributed by atoms with Crippen LogP contribution in [-0.4, -0.2) is 40.8 Å². The lowest BCUT2D eigenvalue weighted by Crippen LogP contribution is -2.38. The van der Waals surface area contributed by atoms with E-state index in [9.17, 15) is 18.0 Å². The van der Waals surface area contributed by atoms with Crippen molar-refractivity contribution in [3.8, 4) is 11.5 Å². The number of sulfonamides is 1. The lowest BCUT2D eigenvalue weighted by molar-refractivity contribution is 0.0993. The number of carbonyl (C=O) groups is 1. The Kier molecular flexibility index (Phi) is 5.59. The molecule has 9 nitrogen and oxygen atoms in total. The first-order valence-electron chi connectivity index (χ1n) is 8.52. The molecule has 0 saturated carbocycles. The van der Waals surface area contributed by atoms with Gasteiger partial charge in [0.15, 0.2) is 5.76 Å². The standard InChI is InChI=1S/C18H20N2O7S/c1-25-15-6-5-12(9-13(15)20-7-3-4-8-28(20,23)24)19-18(22)16-10-14(21)17(26-2)11-27-16/h5-6,9-11H,3-4,7-8H2,1-2H3,(H,19,22). The number of anilines is 2. The number of rotatable bonds is 5. The van der Waals surface area contributed by atoms with Crippen molar-refractivity contribution in [3.05, 3.63) is 46.5 Å². The summed E-state index contributed by atoms with van der Waals surface area (Å²) in [6, 6.07) is 5.67. The Morgan fingerprint density at radius 3 is 2.54 bits per heavy atom. The van der Waals surface area contributed by atoms with Crippen LogP contribution in [0, 0.1) is 0 Å². The number of nitrogens with zero attached hydrogens (tertiary/aromatic N) is 1. The highest BCUT2D eigenvalue weighted by Crippen LogP contribution is 2.35. The van der Waals surface area contributed by atoms with Gasteiger partial charge in [-0.15, -0.1) is 0 Å². The summed E-state index contributed by atoms with van der Waals surface area (Å²) in [5.41, 5.74) is 0.185. The third-order valence-corrected chi connectivity index (χ3v) is 6.15. The molecule has 2 aromatic rings. The molecule has 3 rings (SSSR count). The zero-order valence-electron chi connectivity index (χ0n) is 15.4. The van der Waals surface area contributed by atoms with E-state index in [2.05, 4.69) is 5.32 Å². The quantitative estimate of drug-likeness (QED) is 0.803. The summed E-state index contributed by atoms with van der Waals surface area (Å²) >= 11 is 0. The molecule has 1 N–H and O–H groups in total. The van der Waals surface area contributed by atoms with Crippen LogP contribution >= 0.6 is 0 Å². The Balaban J connectivity index is 1.90.